The van der Waals surface area contributed by atoms with Crippen molar-refractivity contribution in [2.75, 3.05) is 43.5 Å². The summed E-state index contributed by atoms with van der Waals surface area (Å²) in [6.07, 6.45) is 1.66. The number of ether oxygens (including phenoxy) is 1. The summed E-state index contributed by atoms with van der Waals surface area (Å²) < 4.78 is 6.39. The quantitative estimate of drug-likeness (QED) is 0.421. The summed E-state index contributed by atoms with van der Waals surface area (Å²) in [6.45, 7) is 2.11. The van der Waals surface area contributed by atoms with Gasteiger partial charge in [0.1, 0.15) is 5.52 Å². The van der Waals surface area contributed by atoms with Gasteiger partial charge in [-0.25, -0.2) is 19.6 Å². The molecule has 10 heteroatoms. The van der Waals surface area contributed by atoms with Crippen LogP contribution in [0.5, 0.6) is 0 Å². The van der Waals surface area contributed by atoms with E-state index in [-0.39, 0.29) is 11.6 Å². The first-order valence-electron chi connectivity index (χ1n) is 11.9. The maximum Gasteiger partial charge on any atom is 0.337 e. The summed E-state index contributed by atoms with van der Waals surface area (Å²) in [5.74, 6) is -0.122. The van der Waals surface area contributed by atoms with E-state index in [9.17, 15) is 14.4 Å². The summed E-state index contributed by atoms with van der Waals surface area (Å²) in [7, 11) is 1.31. The highest BCUT2D eigenvalue weighted by Gasteiger charge is 2.25. The minimum absolute atomic E-state index is 0.215. The van der Waals surface area contributed by atoms with Crippen LogP contribution in [0.3, 0.4) is 0 Å². The topological polar surface area (TPSA) is 110 Å². The predicted molar refractivity (Wildman–Crippen MR) is 140 cm³/mol. The van der Waals surface area contributed by atoms with Crippen molar-refractivity contribution in [3.8, 4) is 0 Å². The van der Waals surface area contributed by atoms with Gasteiger partial charge in [-0.2, -0.15) is 0 Å². The fraction of sp³-hybridized carbons (Fsp3) is 0.222. The molecule has 2 aromatic carbocycles. The van der Waals surface area contributed by atoms with Crippen molar-refractivity contribution in [2.45, 2.75) is 6.54 Å². The van der Waals surface area contributed by atoms with E-state index in [1.807, 2.05) is 41.3 Å². The molecule has 188 valence electrons. The number of hydrogen-bond donors (Lipinski definition) is 1. The molecule has 1 aliphatic heterocycles. The number of anilines is 2. The summed E-state index contributed by atoms with van der Waals surface area (Å²) in [5.41, 5.74) is 2.81. The molecule has 2 amide bonds. The van der Waals surface area contributed by atoms with E-state index in [1.54, 1.807) is 46.0 Å². The monoisotopic (exact) mass is 498 g/mol. The van der Waals surface area contributed by atoms with Gasteiger partial charge in [0, 0.05) is 38.1 Å². The molecule has 0 radical (unpaired) electrons. The molecule has 5 rings (SSSR count). The third kappa shape index (κ3) is 5.13. The fourth-order valence-corrected chi connectivity index (χ4v) is 4.35. The second kappa shape index (κ2) is 10.5. The van der Waals surface area contributed by atoms with Crippen LogP contribution in [0.2, 0.25) is 0 Å². The van der Waals surface area contributed by atoms with Crippen LogP contribution >= 0.6 is 0 Å². The molecule has 0 unspecified atom stereocenters. The average Bonchev–Trinajstić information content (AvgIpc) is 2.94. The molecule has 1 saturated heterocycles. The number of carbonyl (C=O) groups is 2. The lowest BCUT2D eigenvalue weighted by molar-refractivity contribution is 0.0600. The van der Waals surface area contributed by atoms with Crippen LogP contribution in [-0.2, 0) is 11.3 Å². The van der Waals surface area contributed by atoms with Gasteiger partial charge in [-0.1, -0.05) is 36.4 Å². The highest BCUT2D eigenvalue weighted by atomic mass is 16.5. The van der Waals surface area contributed by atoms with Gasteiger partial charge in [0.15, 0.2) is 11.5 Å². The van der Waals surface area contributed by atoms with Crippen molar-refractivity contribution in [2.24, 2.45) is 0 Å². The van der Waals surface area contributed by atoms with E-state index < -0.39 is 5.97 Å². The Labute approximate surface area is 213 Å². The lowest BCUT2D eigenvalue weighted by Crippen LogP contribution is -2.51. The number of hydrogen-bond acceptors (Lipinski definition) is 7. The van der Waals surface area contributed by atoms with E-state index in [4.69, 9.17) is 4.74 Å². The Morgan fingerprint density at radius 3 is 2.51 bits per heavy atom. The highest BCUT2D eigenvalue weighted by molar-refractivity contribution is 5.94. The zero-order chi connectivity index (χ0) is 25.8. The summed E-state index contributed by atoms with van der Waals surface area (Å²) in [5, 5.41) is 2.83. The Morgan fingerprint density at radius 2 is 1.76 bits per heavy atom. The lowest BCUT2D eigenvalue weighted by Gasteiger charge is -2.35. The molecule has 3 heterocycles. The third-order valence-electron chi connectivity index (χ3n) is 6.27. The fourth-order valence-electron chi connectivity index (χ4n) is 4.35. The van der Waals surface area contributed by atoms with Crippen LogP contribution in [0, 0.1) is 0 Å². The molecule has 0 bridgehead atoms. The zero-order valence-corrected chi connectivity index (χ0v) is 20.3. The Kier molecular flexibility index (Phi) is 6.80. The number of carbonyl (C=O) groups excluding carboxylic acids is 2. The number of amides is 2. The molecule has 2 aromatic heterocycles. The minimum Gasteiger partial charge on any atom is -0.465 e. The van der Waals surface area contributed by atoms with Gasteiger partial charge in [0.05, 0.1) is 19.2 Å². The van der Waals surface area contributed by atoms with Crippen molar-refractivity contribution in [3.05, 3.63) is 94.4 Å². The first-order valence-corrected chi connectivity index (χ1v) is 11.9. The molecule has 0 aliphatic carbocycles. The van der Waals surface area contributed by atoms with Crippen LogP contribution in [0.25, 0.3) is 11.2 Å². The van der Waals surface area contributed by atoms with E-state index in [2.05, 4.69) is 15.3 Å². The minimum atomic E-state index is -0.472. The molecule has 1 fully saturated rings. The maximum atomic E-state index is 13.5. The molecule has 10 nitrogen and oxygen atoms in total. The average molecular weight is 499 g/mol. The molecule has 37 heavy (non-hydrogen) atoms. The Bertz CT molecular complexity index is 1500. The molecule has 1 N–H and O–H groups in total. The molecule has 0 atom stereocenters. The number of urea groups is 1. The standard InChI is InChI=1S/C27H26N6O4/c1-37-26(35)20-9-5-10-21(17-20)29-27(36)32-15-13-31(14-16-32)24-25(34)33(18-19-7-3-2-4-8-19)23-22(30-24)11-6-12-28-23/h2-12,17H,13-16,18H2,1H3,(H,29,36). The van der Waals surface area contributed by atoms with E-state index >= 15 is 0 Å². The molecular weight excluding hydrogens is 472 g/mol. The largest absolute Gasteiger partial charge is 0.465 e. The Morgan fingerprint density at radius 1 is 0.973 bits per heavy atom. The van der Waals surface area contributed by atoms with Gasteiger partial charge in [-0.05, 0) is 35.9 Å². The van der Waals surface area contributed by atoms with Crippen molar-refractivity contribution < 1.29 is 14.3 Å². The van der Waals surface area contributed by atoms with Gasteiger partial charge in [0.2, 0.25) is 0 Å². The van der Waals surface area contributed by atoms with Crippen LogP contribution in [0.1, 0.15) is 15.9 Å². The number of pyridine rings is 1. The number of benzene rings is 2. The van der Waals surface area contributed by atoms with E-state index in [0.717, 1.165) is 5.56 Å². The molecule has 1 aliphatic rings. The summed E-state index contributed by atoms with van der Waals surface area (Å²) in [4.78, 5) is 50.8. The van der Waals surface area contributed by atoms with Gasteiger partial charge >= 0.3 is 12.0 Å². The van der Waals surface area contributed by atoms with Gasteiger partial charge in [0.25, 0.3) is 5.56 Å². The first-order chi connectivity index (χ1) is 18.0. The number of esters is 1. The van der Waals surface area contributed by atoms with Crippen molar-refractivity contribution >= 4 is 34.7 Å². The lowest BCUT2D eigenvalue weighted by atomic mass is 10.2. The number of fused-ring (bicyclic) bond motifs is 1. The SMILES string of the molecule is COC(=O)c1cccc(NC(=O)N2CCN(c3nc4cccnc4n(Cc4ccccc4)c3=O)CC2)c1. The molecule has 4 aromatic rings. The molecule has 0 spiro atoms. The Balaban J connectivity index is 1.32. The molecular formula is C27H26N6O4. The number of methoxy groups -OCH3 is 1. The zero-order valence-electron chi connectivity index (χ0n) is 20.3. The predicted octanol–water partition coefficient (Wildman–Crippen LogP) is 2.98. The van der Waals surface area contributed by atoms with Crippen LogP contribution in [0.4, 0.5) is 16.3 Å². The van der Waals surface area contributed by atoms with Crippen molar-refractivity contribution in [1.29, 1.82) is 0 Å². The van der Waals surface area contributed by atoms with Crippen LogP contribution in [0.15, 0.2) is 77.7 Å². The van der Waals surface area contributed by atoms with Gasteiger partial charge in [-0.3, -0.25) is 9.36 Å². The number of nitrogens with zero attached hydrogens (tertiary/aromatic N) is 5. The van der Waals surface area contributed by atoms with E-state index in [1.165, 1.54) is 7.11 Å². The number of rotatable bonds is 5. The number of aromatic nitrogens is 3. The second-order valence-electron chi connectivity index (χ2n) is 8.64. The second-order valence-corrected chi connectivity index (χ2v) is 8.64. The number of piperazine rings is 1. The normalized spacial score (nSPS) is 13.4. The highest BCUT2D eigenvalue weighted by Crippen LogP contribution is 2.17. The van der Waals surface area contributed by atoms with Crippen LogP contribution < -0.4 is 15.8 Å². The van der Waals surface area contributed by atoms with Crippen molar-refractivity contribution in [1.82, 2.24) is 19.4 Å². The smallest absolute Gasteiger partial charge is 0.337 e. The Hall–Kier alpha value is -4.73. The molecule has 0 saturated carbocycles. The van der Waals surface area contributed by atoms with E-state index in [0.29, 0.717) is 61.0 Å². The first kappa shape index (κ1) is 24.0. The van der Waals surface area contributed by atoms with Crippen LogP contribution in [-0.4, -0.2) is 64.7 Å². The van der Waals surface area contributed by atoms with Gasteiger partial charge < -0.3 is 19.9 Å². The van der Waals surface area contributed by atoms with Gasteiger partial charge in [-0.15, -0.1) is 0 Å². The summed E-state index contributed by atoms with van der Waals surface area (Å²) in [6, 6.07) is 19.7. The maximum absolute atomic E-state index is 13.5. The van der Waals surface area contributed by atoms with Crippen molar-refractivity contribution in [3.63, 3.8) is 0 Å². The number of nitrogens with one attached hydrogen (secondary N) is 1. The third-order valence-corrected chi connectivity index (χ3v) is 6.27. The summed E-state index contributed by atoms with van der Waals surface area (Å²) >= 11 is 0.